The summed E-state index contributed by atoms with van der Waals surface area (Å²) >= 11 is 0. The van der Waals surface area contributed by atoms with Crippen molar-refractivity contribution < 1.29 is 37.9 Å². The van der Waals surface area contributed by atoms with Crippen LogP contribution in [0.1, 0.15) is 74.4 Å². The fourth-order valence-corrected chi connectivity index (χ4v) is 6.14. The quantitative estimate of drug-likeness (QED) is 0.286. The number of rotatable bonds is 9. The molecule has 4 unspecified atom stereocenters. The van der Waals surface area contributed by atoms with Crippen LogP contribution in [-0.4, -0.2) is 62.5 Å². The van der Waals surface area contributed by atoms with Gasteiger partial charge in [-0.05, 0) is 62.8 Å². The summed E-state index contributed by atoms with van der Waals surface area (Å²) in [5.41, 5.74) is 5.99. The highest BCUT2D eigenvalue weighted by Gasteiger charge is 2.44. The molecule has 0 saturated carbocycles. The lowest BCUT2D eigenvalue weighted by Crippen LogP contribution is -2.57. The third kappa shape index (κ3) is 7.26. The van der Waals surface area contributed by atoms with Gasteiger partial charge in [0.05, 0.1) is 6.16 Å². The Morgan fingerprint density at radius 2 is 1.90 bits per heavy atom. The predicted octanol–water partition coefficient (Wildman–Crippen LogP) is 1.91. The number of benzene rings is 1. The normalized spacial score (nSPS) is 22.6. The average Bonchev–Trinajstić information content (AvgIpc) is 3.46. The van der Waals surface area contributed by atoms with E-state index in [4.69, 9.17) is 10.2 Å². The lowest BCUT2D eigenvalue weighted by atomic mass is 9.99. The monoisotopic (exact) mass is 562 g/mol. The number of hydrogen-bond donors (Lipinski definition) is 5. The van der Waals surface area contributed by atoms with Gasteiger partial charge in [0.25, 0.3) is 5.91 Å². The number of carbonyl (C=O) groups is 4. The van der Waals surface area contributed by atoms with Crippen molar-refractivity contribution in [1.82, 2.24) is 15.5 Å². The molecule has 3 heterocycles. The lowest BCUT2D eigenvalue weighted by Gasteiger charge is -2.35. The van der Waals surface area contributed by atoms with Gasteiger partial charge < -0.3 is 35.5 Å². The summed E-state index contributed by atoms with van der Waals surface area (Å²) in [6.07, 6.45) is 4.15. The van der Waals surface area contributed by atoms with Crippen molar-refractivity contribution >= 4 is 42.2 Å². The second-order valence-electron chi connectivity index (χ2n) is 10.5. The first-order valence-corrected chi connectivity index (χ1v) is 15.0. The Hall–Kier alpha value is -3.21. The largest absolute Gasteiger partial charge is 0.451 e. The van der Waals surface area contributed by atoms with Crippen LogP contribution in [0.5, 0.6) is 0 Å². The molecule has 12 nitrogen and oxygen atoms in total. The van der Waals surface area contributed by atoms with Crippen molar-refractivity contribution in [3.8, 4) is 0 Å². The number of amides is 4. The highest BCUT2D eigenvalue weighted by molar-refractivity contribution is 7.50. The van der Waals surface area contributed by atoms with E-state index in [9.17, 15) is 33.5 Å². The minimum atomic E-state index is -4.25. The summed E-state index contributed by atoms with van der Waals surface area (Å²) in [6.45, 7) is 1.79. The van der Waals surface area contributed by atoms with Crippen LogP contribution in [0.25, 0.3) is 11.0 Å². The minimum Gasteiger partial charge on any atom is -0.451 e. The third-order valence-corrected chi connectivity index (χ3v) is 8.13. The Morgan fingerprint density at radius 3 is 2.62 bits per heavy atom. The van der Waals surface area contributed by atoms with E-state index in [1.807, 2.05) is 0 Å². The molecule has 13 heteroatoms. The van der Waals surface area contributed by atoms with Crippen molar-refractivity contribution in [1.29, 1.82) is 0 Å². The Balaban J connectivity index is 1.46. The number of nitrogens with two attached hydrogens (primary N) is 1. The van der Waals surface area contributed by atoms with E-state index in [0.717, 1.165) is 19.3 Å². The van der Waals surface area contributed by atoms with Crippen LogP contribution in [0.15, 0.2) is 28.7 Å². The molecular formula is C26H35N4O8P. The number of nitrogens with zero attached hydrogens (tertiary/aromatic N) is 1. The van der Waals surface area contributed by atoms with Crippen molar-refractivity contribution in [2.75, 3.05) is 0 Å². The summed E-state index contributed by atoms with van der Waals surface area (Å²) in [6, 6.07) is 4.24. The first-order valence-electron chi connectivity index (χ1n) is 13.2. The number of primary amides is 1. The van der Waals surface area contributed by atoms with Gasteiger partial charge in [0, 0.05) is 23.9 Å². The molecule has 2 saturated heterocycles. The van der Waals surface area contributed by atoms with Crippen LogP contribution in [0.3, 0.4) is 0 Å². The van der Waals surface area contributed by atoms with Gasteiger partial charge in [0.1, 0.15) is 17.7 Å². The molecule has 2 aliphatic rings. The van der Waals surface area contributed by atoms with Gasteiger partial charge in [-0.2, -0.15) is 0 Å². The maximum atomic E-state index is 13.7. The van der Waals surface area contributed by atoms with E-state index in [1.54, 1.807) is 24.0 Å². The highest BCUT2D eigenvalue weighted by atomic mass is 31.2. The molecule has 212 valence electrons. The molecule has 0 aliphatic carbocycles. The van der Waals surface area contributed by atoms with E-state index < -0.39 is 37.7 Å². The molecule has 1 aromatic heterocycles. The topological polar surface area (TPSA) is 192 Å². The molecule has 2 fully saturated rings. The smallest absolute Gasteiger partial charge is 0.329 e. The molecule has 6 N–H and O–H groups in total. The minimum absolute atomic E-state index is 0.0243. The van der Waals surface area contributed by atoms with E-state index in [-0.39, 0.29) is 36.1 Å². The third-order valence-electron chi connectivity index (χ3n) is 7.35. The van der Waals surface area contributed by atoms with Crippen LogP contribution >= 0.6 is 7.60 Å². The fourth-order valence-electron chi connectivity index (χ4n) is 5.46. The van der Waals surface area contributed by atoms with Crippen LogP contribution in [0.2, 0.25) is 0 Å². The summed E-state index contributed by atoms with van der Waals surface area (Å²) in [7, 11) is -4.25. The maximum Gasteiger partial charge on any atom is 0.329 e. The van der Waals surface area contributed by atoms with E-state index >= 15 is 0 Å². The molecule has 0 radical (unpaired) electrons. The molecule has 39 heavy (non-hydrogen) atoms. The summed E-state index contributed by atoms with van der Waals surface area (Å²) in [5.74, 6) is -1.64. The van der Waals surface area contributed by atoms with E-state index in [1.165, 1.54) is 12.1 Å². The molecule has 0 spiro atoms. The second-order valence-corrected chi connectivity index (χ2v) is 12.2. The van der Waals surface area contributed by atoms with Crippen molar-refractivity contribution in [3.63, 3.8) is 0 Å². The van der Waals surface area contributed by atoms with E-state index in [2.05, 4.69) is 10.6 Å². The molecular weight excluding hydrogens is 527 g/mol. The summed E-state index contributed by atoms with van der Waals surface area (Å²) in [4.78, 5) is 71.0. The molecule has 0 bridgehead atoms. The van der Waals surface area contributed by atoms with Gasteiger partial charge >= 0.3 is 7.60 Å². The maximum absolute atomic E-state index is 13.7. The fraction of sp³-hybridized carbons (Fsp3) is 0.538. The first kappa shape index (κ1) is 28.8. The second kappa shape index (κ2) is 11.9. The molecule has 4 amide bonds. The zero-order chi connectivity index (χ0) is 28.3. The van der Waals surface area contributed by atoms with Gasteiger partial charge in [0.15, 0.2) is 5.76 Å². The molecule has 2 aromatic rings. The number of hydrogen-bond acceptors (Lipinski definition) is 6. The molecule has 4 rings (SSSR count). The van der Waals surface area contributed by atoms with Gasteiger partial charge in [-0.15, -0.1) is 0 Å². The zero-order valence-corrected chi connectivity index (χ0v) is 22.7. The van der Waals surface area contributed by atoms with Gasteiger partial charge in [-0.3, -0.25) is 23.7 Å². The van der Waals surface area contributed by atoms with Crippen molar-refractivity contribution in [3.05, 3.63) is 35.6 Å². The zero-order valence-electron chi connectivity index (χ0n) is 21.8. The lowest BCUT2D eigenvalue weighted by molar-refractivity contribution is -0.143. The summed E-state index contributed by atoms with van der Waals surface area (Å²) in [5, 5.41) is 6.18. The standard InChI is InChI=1S/C26H35N4O8P/c1-15(6-11-23(27)31)28-24(32)20-9-8-18-4-2-3-5-19(26(34)30(18)20)29-25(33)22-13-17-12-16(14-39(35,36)37)7-10-21(17)38-22/h7,10,12-13,15,18-20H,2-6,8-9,11,14H2,1H3,(H2,27,31)(H,28,32)(H,29,33)(H2,35,36,37). The van der Waals surface area contributed by atoms with Crippen molar-refractivity contribution in [2.24, 2.45) is 5.73 Å². The molecule has 1 aromatic carbocycles. The van der Waals surface area contributed by atoms with E-state index in [0.29, 0.717) is 42.2 Å². The Bertz CT molecular complexity index is 1300. The number of fused-ring (bicyclic) bond motifs is 2. The summed E-state index contributed by atoms with van der Waals surface area (Å²) < 4.78 is 17.0. The number of carbonyl (C=O) groups excluding carboxylic acids is 4. The number of furan rings is 1. The van der Waals surface area contributed by atoms with Gasteiger partial charge in [0.2, 0.25) is 17.7 Å². The first-order chi connectivity index (χ1) is 18.4. The van der Waals surface area contributed by atoms with Crippen LogP contribution in [0.4, 0.5) is 0 Å². The van der Waals surface area contributed by atoms with Crippen LogP contribution in [-0.2, 0) is 25.1 Å². The Labute approximate surface area is 225 Å². The van der Waals surface area contributed by atoms with Gasteiger partial charge in [-0.1, -0.05) is 18.9 Å². The predicted molar refractivity (Wildman–Crippen MR) is 141 cm³/mol. The molecule has 4 atom stereocenters. The highest BCUT2D eigenvalue weighted by Crippen LogP contribution is 2.39. The number of nitrogens with one attached hydrogen (secondary N) is 2. The SMILES string of the molecule is CC(CCC(N)=O)NC(=O)C1CCC2CCCCC(NC(=O)c3cc4cc(CP(=O)(O)O)ccc4o3)C(=O)N21. The Morgan fingerprint density at radius 1 is 1.15 bits per heavy atom. The van der Waals surface area contributed by atoms with Crippen LogP contribution < -0.4 is 16.4 Å². The average molecular weight is 563 g/mol. The Kier molecular flexibility index (Phi) is 8.78. The van der Waals surface area contributed by atoms with Gasteiger partial charge in [-0.25, -0.2) is 0 Å². The van der Waals surface area contributed by atoms with Crippen molar-refractivity contribution in [2.45, 2.75) is 88.6 Å². The van der Waals surface area contributed by atoms with Crippen LogP contribution in [0, 0.1) is 0 Å². The molecule has 2 aliphatic heterocycles.